The van der Waals surface area contributed by atoms with Crippen LogP contribution < -0.4 is 11.1 Å². The molecule has 0 bridgehead atoms. The number of aromatic nitrogens is 2. The summed E-state index contributed by atoms with van der Waals surface area (Å²) < 4.78 is 5.05. The van der Waals surface area contributed by atoms with E-state index in [1.54, 1.807) is 18.3 Å². The van der Waals surface area contributed by atoms with Crippen LogP contribution in [0.4, 0.5) is 0 Å². The highest BCUT2D eigenvalue weighted by Gasteiger charge is 2.28. The van der Waals surface area contributed by atoms with Gasteiger partial charge in [-0.25, -0.2) is 4.98 Å². The lowest BCUT2D eigenvalue weighted by molar-refractivity contribution is 0.0946. The SMILES string of the molecule is Cc1cc(CSc2ncccc2C(=O)NCC(N)C2CC2)no1.Cl.Cl. The van der Waals surface area contributed by atoms with E-state index in [-0.39, 0.29) is 36.8 Å². The quantitative estimate of drug-likeness (QED) is 0.688. The number of amides is 1. The van der Waals surface area contributed by atoms with Crippen molar-refractivity contribution in [1.82, 2.24) is 15.5 Å². The summed E-state index contributed by atoms with van der Waals surface area (Å²) in [4.78, 5) is 16.7. The molecular formula is C16H22Cl2N4O2S. The largest absolute Gasteiger partial charge is 0.361 e. The number of rotatable bonds is 7. The summed E-state index contributed by atoms with van der Waals surface area (Å²) in [6.07, 6.45) is 4.02. The summed E-state index contributed by atoms with van der Waals surface area (Å²) in [7, 11) is 0. The fourth-order valence-corrected chi connectivity index (χ4v) is 3.18. The second kappa shape index (κ2) is 10.0. The monoisotopic (exact) mass is 404 g/mol. The van der Waals surface area contributed by atoms with Crippen LogP contribution in [0.1, 0.15) is 34.7 Å². The topological polar surface area (TPSA) is 94.0 Å². The molecule has 9 heteroatoms. The van der Waals surface area contributed by atoms with Crippen LogP contribution in [0.3, 0.4) is 0 Å². The standard InChI is InChI=1S/C16H20N4O2S.2ClH/c1-10-7-12(20-22-10)9-23-16-13(3-2-6-18-16)15(21)19-8-14(17)11-4-5-11;;/h2-3,6-7,11,14H,4-5,8-9,17H2,1H3,(H,19,21);2*1H. The Hall–Kier alpha value is -1.28. The lowest BCUT2D eigenvalue weighted by Crippen LogP contribution is -2.38. The smallest absolute Gasteiger partial charge is 0.254 e. The minimum Gasteiger partial charge on any atom is -0.361 e. The van der Waals surface area contributed by atoms with E-state index in [0.717, 1.165) is 11.5 Å². The van der Waals surface area contributed by atoms with Crippen molar-refractivity contribution in [3.8, 4) is 0 Å². The van der Waals surface area contributed by atoms with Crippen LogP contribution >= 0.6 is 36.6 Å². The maximum absolute atomic E-state index is 12.4. The molecule has 1 amide bonds. The molecule has 2 heterocycles. The molecule has 25 heavy (non-hydrogen) atoms. The molecule has 1 fully saturated rings. The zero-order valence-corrected chi connectivity index (χ0v) is 16.3. The van der Waals surface area contributed by atoms with Crippen LogP contribution in [0.15, 0.2) is 33.9 Å². The number of aryl methyl sites for hydroxylation is 1. The molecule has 1 saturated carbocycles. The van der Waals surface area contributed by atoms with Gasteiger partial charge in [-0.1, -0.05) is 16.9 Å². The van der Waals surface area contributed by atoms with Gasteiger partial charge in [0.15, 0.2) is 0 Å². The second-order valence-electron chi connectivity index (χ2n) is 5.78. The Morgan fingerprint density at radius 1 is 1.48 bits per heavy atom. The summed E-state index contributed by atoms with van der Waals surface area (Å²) >= 11 is 1.47. The van der Waals surface area contributed by atoms with Crippen LogP contribution in [0.2, 0.25) is 0 Å². The fraction of sp³-hybridized carbons (Fsp3) is 0.438. The summed E-state index contributed by atoms with van der Waals surface area (Å²) in [5.74, 6) is 1.81. The van der Waals surface area contributed by atoms with E-state index in [0.29, 0.717) is 28.8 Å². The summed E-state index contributed by atoms with van der Waals surface area (Å²) in [5.41, 5.74) is 7.43. The van der Waals surface area contributed by atoms with Gasteiger partial charge in [-0.3, -0.25) is 4.79 Å². The van der Waals surface area contributed by atoms with Crippen LogP contribution in [0.5, 0.6) is 0 Å². The van der Waals surface area contributed by atoms with Crippen LogP contribution in [-0.4, -0.2) is 28.6 Å². The van der Waals surface area contributed by atoms with Gasteiger partial charge in [0.2, 0.25) is 0 Å². The normalized spacial score (nSPS) is 14.2. The lowest BCUT2D eigenvalue weighted by atomic mass is 10.2. The molecule has 1 atom stereocenters. The van der Waals surface area contributed by atoms with Crippen molar-refractivity contribution >= 4 is 42.5 Å². The summed E-state index contributed by atoms with van der Waals surface area (Å²) in [6.45, 7) is 2.36. The minimum atomic E-state index is -0.131. The first-order valence-electron chi connectivity index (χ1n) is 7.67. The van der Waals surface area contributed by atoms with Gasteiger partial charge >= 0.3 is 0 Å². The van der Waals surface area contributed by atoms with Gasteiger partial charge in [0, 0.05) is 30.6 Å². The van der Waals surface area contributed by atoms with Gasteiger partial charge in [-0.05, 0) is 37.8 Å². The molecule has 6 nitrogen and oxygen atoms in total. The predicted octanol–water partition coefficient (Wildman–Crippen LogP) is 2.98. The molecule has 0 aromatic carbocycles. The molecule has 0 saturated heterocycles. The van der Waals surface area contributed by atoms with Crippen LogP contribution in [0, 0.1) is 12.8 Å². The molecule has 0 aliphatic heterocycles. The molecule has 3 rings (SSSR count). The number of carbonyl (C=O) groups excluding carboxylic acids is 1. The highest BCUT2D eigenvalue weighted by Crippen LogP contribution is 2.31. The molecule has 3 N–H and O–H groups in total. The number of halogens is 2. The van der Waals surface area contributed by atoms with Crippen molar-refractivity contribution in [3.05, 3.63) is 41.4 Å². The number of nitrogens with one attached hydrogen (secondary N) is 1. The van der Waals surface area contributed by atoms with E-state index in [1.165, 1.54) is 24.6 Å². The molecule has 0 spiro atoms. The average molecular weight is 405 g/mol. The number of thioether (sulfide) groups is 1. The third-order valence-electron chi connectivity index (χ3n) is 3.78. The van der Waals surface area contributed by atoms with E-state index in [9.17, 15) is 4.79 Å². The Labute approximate surface area is 163 Å². The van der Waals surface area contributed by atoms with Crippen molar-refractivity contribution in [2.24, 2.45) is 11.7 Å². The Balaban J connectivity index is 0.00000156. The Morgan fingerprint density at radius 2 is 2.24 bits per heavy atom. The van der Waals surface area contributed by atoms with Crippen molar-refractivity contribution in [2.45, 2.75) is 36.6 Å². The van der Waals surface area contributed by atoms with E-state index < -0.39 is 0 Å². The molecular weight excluding hydrogens is 383 g/mol. The molecule has 2 aromatic rings. The molecule has 138 valence electrons. The number of hydrogen-bond donors (Lipinski definition) is 2. The fourth-order valence-electron chi connectivity index (χ4n) is 2.30. The van der Waals surface area contributed by atoms with Crippen molar-refractivity contribution in [2.75, 3.05) is 6.54 Å². The van der Waals surface area contributed by atoms with Crippen molar-refractivity contribution < 1.29 is 9.32 Å². The van der Waals surface area contributed by atoms with Gasteiger partial charge in [-0.2, -0.15) is 0 Å². The van der Waals surface area contributed by atoms with E-state index in [2.05, 4.69) is 15.5 Å². The Kier molecular flexibility index (Phi) is 8.71. The summed E-state index contributed by atoms with van der Waals surface area (Å²) in [6, 6.07) is 5.47. The Morgan fingerprint density at radius 3 is 2.88 bits per heavy atom. The Bertz CT molecular complexity index is 694. The average Bonchev–Trinajstić information content (AvgIpc) is 3.33. The lowest BCUT2D eigenvalue weighted by Gasteiger charge is -2.12. The van der Waals surface area contributed by atoms with Gasteiger partial charge in [0.25, 0.3) is 5.91 Å². The van der Waals surface area contributed by atoms with Gasteiger partial charge < -0.3 is 15.6 Å². The van der Waals surface area contributed by atoms with Crippen LogP contribution in [0.25, 0.3) is 0 Å². The van der Waals surface area contributed by atoms with Crippen molar-refractivity contribution in [1.29, 1.82) is 0 Å². The van der Waals surface area contributed by atoms with E-state index in [4.69, 9.17) is 10.3 Å². The number of nitrogens with two attached hydrogens (primary N) is 1. The predicted molar refractivity (Wildman–Crippen MR) is 103 cm³/mol. The van der Waals surface area contributed by atoms with Gasteiger partial charge in [0.1, 0.15) is 10.8 Å². The molecule has 2 aromatic heterocycles. The summed E-state index contributed by atoms with van der Waals surface area (Å²) in [5, 5.41) is 7.55. The second-order valence-corrected chi connectivity index (χ2v) is 6.75. The third-order valence-corrected chi connectivity index (χ3v) is 4.81. The first-order valence-corrected chi connectivity index (χ1v) is 8.66. The molecule has 1 unspecified atom stereocenters. The number of hydrogen-bond acceptors (Lipinski definition) is 6. The van der Waals surface area contributed by atoms with Crippen LogP contribution in [-0.2, 0) is 5.75 Å². The van der Waals surface area contributed by atoms with E-state index in [1.807, 2.05) is 13.0 Å². The van der Waals surface area contributed by atoms with Crippen molar-refractivity contribution in [3.63, 3.8) is 0 Å². The first kappa shape index (κ1) is 21.8. The number of pyridine rings is 1. The number of carbonyl (C=O) groups is 1. The van der Waals surface area contributed by atoms with Gasteiger partial charge in [0.05, 0.1) is 11.3 Å². The minimum absolute atomic E-state index is 0. The molecule has 1 aliphatic rings. The zero-order valence-electron chi connectivity index (χ0n) is 13.8. The third kappa shape index (κ3) is 6.18. The molecule has 1 aliphatic carbocycles. The van der Waals surface area contributed by atoms with Gasteiger partial charge in [-0.15, -0.1) is 24.8 Å². The molecule has 0 radical (unpaired) electrons. The maximum Gasteiger partial charge on any atom is 0.254 e. The zero-order chi connectivity index (χ0) is 16.2. The first-order chi connectivity index (χ1) is 11.1. The van der Waals surface area contributed by atoms with E-state index >= 15 is 0 Å². The highest BCUT2D eigenvalue weighted by molar-refractivity contribution is 7.98. The maximum atomic E-state index is 12.4. The highest BCUT2D eigenvalue weighted by atomic mass is 35.5. The number of nitrogens with zero attached hydrogens (tertiary/aromatic N) is 2.